The fourth-order valence-corrected chi connectivity index (χ4v) is 3.42. The van der Waals surface area contributed by atoms with Gasteiger partial charge in [-0.25, -0.2) is 17.8 Å². The van der Waals surface area contributed by atoms with Crippen LogP contribution in [0.2, 0.25) is 0 Å². The monoisotopic (exact) mass is 421 g/mol. The quantitative estimate of drug-likeness (QED) is 0.211. The zero-order valence-corrected chi connectivity index (χ0v) is 15.1. The van der Waals surface area contributed by atoms with E-state index in [4.69, 9.17) is 16.7 Å². The van der Waals surface area contributed by atoms with Crippen LogP contribution in [0.3, 0.4) is 0 Å². The third-order valence-corrected chi connectivity index (χ3v) is 5.15. The molecule has 0 bridgehead atoms. The third kappa shape index (κ3) is 6.23. The molecule has 0 saturated heterocycles. The van der Waals surface area contributed by atoms with Gasteiger partial charge in [0.05, 0.1) is 10.6 Å². The van der Waals surface area contributed by atoms with Crippen LogP contribution >= 0.6 is 0 Å². The van der Waals surface area contributed by atoms with Crippen molar-refractivity contribution in [3.05, 3.63) is 41.5 Å². The molecule has 0 radical (unpaired) electrons. The van der Waals surface area contributed by atoms with Gasteiger partial charge in [0, 0.05) is 5.92 Å². The molecule has 0 aliphatic rings. The van der Waals surface area contributed by atoms with Crippen LogP contribution in [0.25, 0.3) is 0 Å². The Kier molecular flexibility index (Phi) is 7.11. The maximum absolute atomic E-state index is 12.9. The summed E-state index contributed by atoms with van der Waals surface area (Å²) in [6.45, 7) is 1.19. The minimum absolute atomic E-state index is 0.237. The fraction of sp³-hybridized carbons (Fsp3) is 0.267. The number of rotatable bonds is 5. The lowest BCUT2D eigenvalue weighted by Gasteiger charge is -2.13. The Bertz CT molecular complexity index is 947. The number of amides is 1. The zero-order valence-electron chi connectivity index (χ0n) is 14.3. The Morgan fingerprint density at radius 1 is 1.29 bits per heavy atom. The number of carbonyl (C=O) groups is 1. The van der Waals surface area contributed by atoms with Gasteiger partial charge in [-0.3, -0.25) is 10.1 Å². The molecular weight excluding hydrogens is 406 g/mol. The molecule has 0 spiro atoms. The number of aliphatic imine (C=N–C) groups is 1. The topological polar surface area (TPSA) is 151 Å². The number of nitrogens with one attached hydrogen (secondary N) is 1. The van der Waals surface area contributed by atoms with Crippen LogP contribution in [0.4, 0.5) is 17.6 Å². The number of carbonyl (C=O) groups excluding carboxylic acids is 1. The largest absolute Gasteiger partial charge is 0.436 e. The number of hydrogen-bond donors (Lipinski definition) is 3. The zero-order chi connectivity index (χ0) is 21.7. The highest BCUT2D eigenvalue weighted by molar-refractivity contribution is 7.91. The van der Waals surface area contributed by atoms with E-state index in [-0.39, 0.29) is 4.90 Å². The highest BCUT2D eigenvalue weighted by Gasteiger charge is 2.37. The molecule has 0 fully saturated rings. The molecule has 0 heterocycles. The molecule has 152 valence electrons. The van der Waals surface area contributed by atoms with E-state index >= 15 is 0 Å². The predicted octanol–water partition coefficient (Wildman–Crippen LogP) is 0.923. The SMILES string of the molecule is CC(CS(=O)(=O)c1ccc(F)cc1)C(=O)NC(N)=N/C(=C(\N)C#N)C(F)(F)F. The second-order valence-electron chi connectivity index (χ2n) is 5.49. The van der Waals surface area contributed by atoms with Gasteiger partial charge in [-0.2, -0.15) is 18.4 Å². The first-order valence-electron chi connectivity index (χ1n) is 7.38. The second kappa shape index (κ2) is 8.70. The molecule has 1 aromatic rings. The van der Waals surface area contributed by atoms with E-state index in [1.165, 1.54) is 6.92 Å². The molecule has 1 rings (SSSR count). The molecule has 0 aromatic heterocycles. The van der Waals surface area contributed by atoms with Gasteiger partial charge in [0.1, 0.15) is 17.6 Å². The predicted molar refractivity (Wildman–Crippen MR) is 90.3 cm³/mol. The van der Waals surface area contributed by atoms with Gasteiger partial charge in [0.25, 0.3) is 0 Å². The first-order chi connectivity index (χ1) is 12.8. The molecule has 1 atom stereocenters. The van der Waals surface area contributed by atoms with E-state index < -0.39 is 56.8 Å². The number of alkyl halides is 3. The van der Waals surface area contributed by atoms with Crippen LogP contribution in [-0.4, -0.2) is 32.2 Å². The van der Waals surface area contributed by atoms with Crippen LogP contribution in [0, 0.1) is 23.1 Å². The van der Waals surface area contributed by atoms with E-state index in [0.717, 1.165) is 30.3 Å². The van der Waals surface area contributed by atoms with Crippen molar-refractivity contribution in [2.24, 2.45) is 22.4 Å². The lowest BCUT2D eigenvalue weighted by atomic mass is 10.2. The number of sulfone groups is 1. The number of hydrogen-bond acceptors (Lipinski definition) is 6. The molecule has 5 N–H and O–H groups in total. The van der Waals surface area contributed by atoms with Crippen molar-refractivity contribution in [1.82, 2.24) is 5.32 Å². The summed E-state index contributed by atoms with van der Waals surface area (Å²) in [6, 6.07) is 4.93. The molecular formula is C15H15F4N5O3S. The molecule has 1 unspecified atom stereocenters. The Balaban J connectivity index is 2.94. The number of nitriles is 1. The highest BCUT2D eigenvalue weighted by Crippen LogP contribution is 2.27. The summed E-state index contributed by atoms with van der Waals surface area (Å²) in [5, 5.41) is 10.3. The Morgan fingerprint density at radius 2 is 1.82 bits per heavy atom. The van der Waals surface area contributed by atoms with E-state index in [9.17, 15) is 30.8 Å². The van der Waals surface area contributed by atoms with Gasteiger partial charge in [-0.05, 0) is 24.3 Å². The van der Waals surface area contributed by atoms with Crippen LogP contribution in [0.5, 0.6) is 0 Å². The molecule has 1 aromatic carbocycles. The molecule has 13 heteroatoms. The van der Waals surface area contributed by atoms with Crippen molar-refractivity contribution in [2.45, 2.75) is 18.0 Å². The summed E-state index contributed by atoms with van der Waals surface area (Å²) in [7, 11) is -3.98. The summed E-state index contributed by atoms with van der Waals surface area (Å²) in [5.41, 5.74) is 7.07. The molecule has 1 amide bonds. The summed E-state index contributed by atoms with van der Waals surface area (Å²) < 4.78 is 75.6. The average Bonchev–Trinajstić information content (AvgIpc) is 2.58. The Hall–Kier alpha value is -3.14. The Labute approximate surface area is 157 Å². The van der Waals surface area contributed by atoms with Gasteiger partial charge >= 0.3 is 6.18 Å². The standard InChI is InChI=1S/C15H15F4N5O3S/c1-8(7-28(26,27)10-4-2-9(16)3-5-10)13(25)24-14(22)23-12(11(21)6-20)15(17,18)19/h2-5,8H,7,21H2,1H3,(H3,22,23,24,25)/b12-11-. The normalized spacial score (nSPS) is 14.6. The summed E-state index contributed by atoms with van der Waals surface area (Å²) in [4.78, 5) is 14.6. The van der Waals surface area contributed by atoms with Crippen LogP contribution in [0.15, 0.2) is 45.5 Å². The first kappa shape index (κ1) is 22.9. The van der Waals surface area contributed by atoms with Crippen LogP contribution in [0.1, 0.15) is 6.92 Å². The van der Waals surface area contributed by atoms with E-state index in [1.54, 1.807) is 0 Å². The second-order valence-corrected chi connectivity index (χ2v) is 7.53. The van der Waals surface area contributed by atoms with Gasteiger partial charge in [-0.1, -0.05) is 6.92 Å². The lowest BCUT2D eigenvalue weighted by Crippen LogP contribution is -2.42. The van der Waals surface area contributed by atoms with Gasteiger partial charge in [0.15, 0.2) is 15.5 Å². The van der Waals surface area contributed by atoms with Crippen molar-refractivity contribution < 1.29 is 30.8 Å². The molecule has 0 aliphatic carbocycles. The van der Waals surface area contributed by atoms with Crippen LogP contribution in [-0.2, 0) is 14.6 Å². The van der Waals surface area contributed by atoms with Crippen molar-refractivity contribution in [3.63, 3.8) is 0 Å². The molecule has 0 aliphatic heterocycles. The first-order valence-corrected chi connectivity index (χ1v) is 9.03. The van der Waals surface area contributed by atoms with Crippen molar-refractivity contribution in [2.75, 3.05) is 5.75 Å². The van der Waals surface area contributed by atoms with E-state index in [0.29, 0.717) is 0 Å². The van der Waals surface area contributed by atoms with Gasteiger partial charge in [-0.15, -0.1) is 0 Å². The average molecular weight is 421 g/mol. The smallest absolute Gasteiger partial charge is 0.388 e. The minimum Gasteiger partial charge on any atom is -0.388 e. The highest BCUT2D eigenvalue weighted by atomic mass is 32.2. The summed E-state index contributed by atoms with van der Waals surface area (Å²) in [5.74, 6) is -4.68. The number of nitrogens with two attached hydrogens (primary N) is 2. The van der Waals surface area contributed by atoms with E-state index in [2.05, 4.69) is 4.99 Å². The van der Waals surface area contributed by atoms with E-state index in [1.807, 2.05) is 5.32 Å². The summed E-state index contributed by atoms with van der Waals surface area (Å²) >= 11 is 0. The molecule has 28 heavy (non-hydrogen) atoms. The van der Waals surface area contributed by atoms with Gasteiger partial charge in [0.2, 0.25) is 11.9 Å². The van der Waals surface area contributed by atoms with Gasteiger partial charge < -0.3 is 11.5 Å². The fourth-order valence-electron chi connectivity index (χ4n) is 1.87. The van der Waals surface area contributed by atoms with Crippen molar-refractivity contribution in [3.8, 4) is 6.07 Å². The maximum atomic E-state index is 12.9. The number of allylic oxidation sites excluding steroid dienone is 2. The van der Waals surface area contributed by atoms with Crippen molar-refractivity contribution in [1.29, 1.82) is 5.26 Å². The van der Waals surface area contributed by atoms with Crippen molar-refractivity contribution >= 4 is 21.7 Å². The van der Waals surface area contributed by atoms with Crippen LogP contribution < -0.4 is 16.8 Å². The number of guanidine groups is 1. The number of nitrogens with zero attached hydrogens (tertiary/aromatic N) is 2. The minimum atomic E-state index is -5.10. The molecule has 8 nitrogen and oxygen atoms in total. The Morgan fingerprint density at radius 3 is 2.29 bits per heavy atom. The number of benzene rings is 1. The third-order valence-electron chi connectivity index (χ3n) is 3.22. The number of halogens is 4. The lowest BCUT2D eigenvalue weighted by molar-refractivity contribution is -0.122. The maximum Gasteiger partial charge on any atom is 0.436 e. The molecule has 0 saturated carbocycles. The summed E-state index contributed by atoms with van der Waals surface area (Å²) in [6.07, 6.45) is -5.10.